The number of phenols is 1. The van der Waals surface area contributed by atoms with E-state index in [1.54, 1.807) is 62.8 Å². The summed E-state index contributed by atoms with van der Waals surface area (Å²) < 4.78 is 21.3. The van der Waals surface area contributed by atoms with E-state index in [0.29, 0.717) is 34.0 Å². The fraction of sp³-hybridized carbons (Fsp3) is 0.227. The van der Waals surface area contributed by atoms with E-state index in [4.69, 9.17) is 18.9 Å². The zero-order valence-corrected chi connectivity index (χ0v) is 16.0. The lowest BCUT2D eigenvalue weighted by atomic mass is 9.97. The van der Waals surface area contributed by atoms with Gasteiger partial charge in [-0.15, -0.1) is 0 Å². The number of ether oxygens (including phenoxy) is 4. The van der Waals surface area contributed by atoms with Crippen molar-refractivity contribution in [2.24, 2.45) is 0 Å². The van der Waals surface area contributed by atoms with Crippen molar-refractivity contribution in [1.82, 2.24) is 0 Å². The molecule has 1 saturated heterocycles. The van der Waals surface area contributed by atoms with Gasteiger partial charge in [0.1, 0.15) is 11.5 Å². The highest BCUT2D eigenvalue weighted by Crippen LogP contribution is 2.30. The molecular formula is C22H22O6. The van der Waals surface area contributed by atoms with Crippen molar-refractivity contribution in [3.05, 3.63) is 58.7 Å². The largest absolute Gasteiger partial charge is 0.504 e. The van der Waals surface area contributed by atoms with Crippen LogP contribution in [0, 0.1) is 0 Å². The molecule has 0 atom stereocenters. The van der Waals surface area contributed by atoms with E-state index in [1.165, 1.54) is 7.11 Å². The fourth-order valence-electron chi connectivity index (χ4n) is 2.96. The summed E-state index contributed by atoms with van der Waals surface area (Å²) in [4.78, 5) is 12.9. The maximum Gasteiger partial charge on any atom is 0.189 e. The van der Waals surface area contributed by atoms with E-state index in [1.807, 2.05) is 0 Å². The van der Waals surface area contributed by atoms with Crippen LogP contribution in [-0.4, -0.2) is 45.4 Å². The molecule has 0 unspecified atom stereocenters. The number of hydrogen-bond donors (Lipinski definition) is 1. The first kappa shape index (κ1) is 19.5. The highest BCUT2D eigenvalue weighted by molar-refractivity contribution is 6.14. The molecule has 0 radical (unpaired) electrons. The minimum atomic E-state index is -0.105. The Morgan fingerprint density at radius 3 is 2.21 bits per heavy atom. The number of benzene rings is 2. The molecule has 0 bridgehead atoms. The van der Waals surface area contributed by atoms with E-state index >= 15 is 0 Å². The molecule has 146 valence electrons. The Labute approximate surface area is 163 Å². The van der Waals surface area contributed by atoms with Crippen LogP contribution in [0.25, 0.3) is 12.2 Å². The van der Waals surface area contributed by atoms with Crippen LogP contribution < -0.4 is 14.2 Å². The Kier molecular flexibility index (Phi) is 6.01. The van der Waals surface area contributed by atoms with E-state index < -0.39 is 0 Å². The lowest BCUT2D eigenvalue weighted by molar-refractivity contribution is -0.114. The van der Waals surface area contributed by atoms with Gasteiger partial charge in [-0.2, -0.15) is 0 Å². The Bertz CT molecular complexity index is 942. The summed E-state index contributed by atoms with van der Waals surface area (Å²) in [6, 6.07) is 10.3. The molecular weight excluding hydrogens is 360 g/mol. The highest BCUT2D eigenvalue weighted by atomic mass is 16.5. The molecule has 0 spiro atoms. The molecule has 2 aromatic carbocycles. The molecule has 1 aliphatic rings. The van der Waals surface area contributed by atoms with Gasteiger partial charge in [0.25, 0.3) is 0 Å². The summed E-state index contributed by atoms with van der Waals surface area (Å²) >= 11 is 0. The highest BCUT2D eigenvalue weighted by Gasteiger charge is 2.22. The number of Topliss-reactive ketones (excluding diaryl/α,β-unsaturated/α-hetero) is 1. The van der Waals surface area contributed by atoms with Crippen molar-refractivity contribution in [2.45, 2.75) is 0 Å². The van der Waals surface area contributed by atoms with Crippen molar-refractivity contribution in [3.8, 4) is 23.0 Å². The molecule has 1 aliphatic heterocycles. The van der Waals surface area contributed by atoms with Crippen LogP contribution in [0.2, 0.25) is 0 Å². The molecule has 28 heavy (non-hydrogen) atoms. The third-order valence-electron chi connectivity index (χ3n) is 4.41. The molecule has 0 saturated carbocycles. The number of methoxy groups -OCH3 is 3. The first-order valence-electron chi connectivity index (χ1n) is 8.68. The minimum Gasteiger partial charge on any atom is -0.504 e. The Hall–Kier alpha value is -3.25. The van der Waals surface area contributed by atoms with Crippen LogP contribution in [0.1, 0.15) is 11.1 Å². The van der Waals surface area contributed by atoms with Crippen molar-refractivity contribution in [1.29, 1.82) is 0 Å². The molecule has 1 heterocycles. The second-order valence-corrected chi connectivity index (χ2v) is 6.20. The zero-order valence-electron chi connectivity index (χ0n) is 16.0. The van der Waals surface area contributed by atoms with Crippen molar-refractivity contribution < 1.29 is 28.8 Å². The topological polar surface area (TPSA) is 74.2 Å². The van der Waals surface area contributed by atoms with Gasteiger partial charge in [0, 0.05) is 16.7 Å². The number of aromatic hydroxyl groups is 1. The smallest absolute Gasteiger partial charge is 0.189 e. The van der Waals surface area contributed by atoms with Crippen molar-refractivity contribution in [3.63, 3.8) is 0 Å². The fourth-order valence-corrected chi connectivity index (χ4v) is 2.96. The van der Waals surface area contributed by atoms with Crippen molar-refractivity contribution >= 4 is 17.9 Å². The molecule has 1 fully saturated rings. The number of hydrogen-bond acceptors (Lipinski definition) is 6. The first-order chi connectivity index (χ1) is 13.5. The number of carbonyl (C=O) groups is 1. The van der Waals surface area contributed by atoms with Crippen LogP contribution in [0.4, 0.5) is 0 Å². The molecule has 3 rings (SSSR count). The maximum atomic E-state index is 12.9. The summed E-state index contributed by atoms with van der Waals surface area (Å²) in [6.07, 6.45) is 3.46. The van der Waals surface area contributed by atoms with Crippen LogP contribution in [0.5, 0.6) is 23.0 Å². The summed E-state index contributed by atoms with van der Waals surface area (Å²) in [6.45, 7) is 0.419. The van der Waals surface area contributed by atoms with E-state index in [0.717, 1.165) is 5.56 Å². The minimum absolute atomic E-state index is 0.0120. The Morgan fingerprint density at radius 1 is 0.893 bits per heavy atom. The number of ketones is 1. The van der Waals surface area contributed by atoms with Gasteiger partial charge in [-0.3, -0.25) is 4.79 Å². The number of rotatable bonds is 5. The zero-order chi connectivity index (χ0) is 20.1. The second kappa shape index (κ2) is 8.63. The van der Waals surface area contributed by atoms with Gasteiger partial charge in [0.05, 0.1) is 34.5 Å². The monoisotopic (exact) mass is 382 g/mol. The number of carbonyl (C=O) groups excluding carboxylic acids is 1. The molecule has 0 aliphatic carbocycles. The van der Waals surface area contributed by atoms with Crippen molar-refractivity contribution in [2.75, 3.05) is 34.5 Å². The summed E-state index contributed by atoms with van der Waals surface area (Å²) in [5, 5.41) is 9.93. The molecule has 0 aromatic heterocycles. The van der Waals surface area contributed by atoms with Crippen LogP contribution in [0.3, 0.4) is 0 Å². The quantitative estimate of drug-likeness (QED) is 0.798. The van der Waals surface area contributed by atoms with E-state index in [9.17, 15) is 9.90 Å². The molecule has 6 heteroatoms. The summed E-state index contributed by atoms with van der Waals surface area (Å²) in [5.41, 5.74) is 2.44. The van der Waals surface area contributed by atoms with Crippen LogP contribution in [-0.2, 0) is 9.53 Å². The Balaban J connectivity index is 1.92. The summed E-state index contributed by atoms with van der Waals surface area (Å²) in [7, 11) is 4.64. The summed E-state index contributed by atoms with van der Waals surface area (Å²) in [5.74, 6) is 1.59. The van der Waals surface area contributed by atoms with Gasteiger partial charge in [-0.1, -0.05) is 6.07 Å². The molecule has 6 nitrogen and oxygen atoms in total. The van der Waals surface area contributed by atoms with Crippen LogP contribution >= 0.6 is 0 Å². The standard InChI is InChI=1S/C22H22O6/c1-25-18-5-7-20(26-2)15(11-18)10-17-13-28-12-16(22(17)24)8-14-4-6-21(27-3)19(23)9-14/h4-11,23H,12-13H2,1-3H3/b16-8+,17-10+. The molecule has 1 N–H and O–H groups in total. The molecule has 2 aromatic rings. The third kappa shape index (κ3) is 4.18. The predicted octanol–water partition coefficient (Wildman–Crippen LogP) is 3.48. The normalized spacial score (nSPS) is 17.0. The van der Waals surface area contributed by atoms with Gasteiger partial charge in [0.2, 0.25) is 0 Å². The van der Waals surface area contributed by atoms with Gasteiger partial charge < -0.3 is 24.1 Å². The Morgan fingerprint density at radius 2 is 1.57 bits per heavy atom. The average molecular weight is 382 g/mol. The number of phenolic OH excluding ortho intramolecular Hbond substituents is 1. The maximum absolute atomic E-state index is 12.9. The van der Waals surface area contributed by atoms with Gasteiger partial charge in [0.15, 0.2) is 17.3 Å². The van der Waals surface area contributed by atoms with Gasteiger partial charge in [-0.05, 0) is 48.0 Å². The van der Waals surface area contributed by atoms with Gasteiger partial charge in [-0.25, -0.2) is 0 Å². The first-order valence-corrected chi connectivity index (χ1v) is 8.68. The third-order valence-corrected chi connectivity index (χ3v) is 4.41. The predicted molar refractivity (Wildman–Crippen MR) is 106 cm³/mol. The lowest BCUT2D eigenvalue weighted by Gasteiger charge is -2.18. The molecule has 0 amide bonds. The van der Waals surface area contributed by atoms with Gasteiger partial charge >= 0.3 is 0 Å². The SMILES string of the molecule is COc1ccc(OC)c(/C=C2\COC/C(=C\c3ccc(OC)c(O)c3)C2=O)c1. The average Bonchev–Trinajstić information content (AvgIpc) is 2.71. The van der Waals surface area contributed by atoms with E-state index in [-0.39, 0.29) is 24.7 Å². The van der Waals surface area contributed by atoms with Crippen LogP contribution in [0.15, 0.2) is 47.5 Å². The van der Waals surface area contributed by atoms with E-state index in [2.05, 4.69) is 0 Å². The second-order valence-electron chi connectivity index (χ2n) is 6.20. The lowest BCUT2D eigenvalue weighted by Crippen LogP contribution is -2.22.